The molecule has 2 aliphatic rings. The molecule has 1 fully saturated rings. The number of benzene rings is 1. The van der Waals surface area contributed by atoms with Gasteiger partial charge in [-0.15, -0.1) is 0 Å². The van der Waals surface area contributed by atoms with Gasteiger partial charge in [0.2, 0.25) is 5.91 Å². The van der Waals surface area contributed by atoms with Crippen molar-refractivity contribution in [3.63, 3.8) is 0 Å². The molecule has 0 aromatic heterocycles. The zero-order valence-corrected chi connectivity index (χ0v) is 12.6. The first-order valence-corrected chi connectivity index (χ1v) is 8.02. The van der Waals surface area contributed by atoms with E-state index in [-0.39, 0.29) is 5.91 Å². The van der Waals surface area contributed by atoms with Gasteiger partial charge in [0.25, 0.3) is 0 Å². The Bertz CT molecular complexity index is 524. The normalized spacial score (nSPS) is 23.0. The first-order valence-electron chi connectivity index (χ1n) is 8.02. The molecule has 2 unspecified atom stereocenters. The molecule has 1 saturated heterocycles. The van der Waals surface area contributed by atoms with Crippen molar-refractivity contribution in [3.8, 4) is 0 Å². The number of hydrogen-bond donors (Lipinski definition) is 2. The number of carbonyl (C=O) groups excluding carboxylic acids is 1. The van der Waals surface area contributed by atoms with Crippen LogP contribution in [0.15, 0.2) is 18.2 Å². The van der Waals surface area contributed by atoms with E-state index in [9.17, 15) is 9.90 Å². The van der Waals surface area contributed by atoms with Crippen LogP contribution in [0.3, 0.4) is 0 Å². The molecule has 0 aliphatic carbocycles. The number of amides is 1. The third-order valence-electron chi connectivity index (χ3n) is 4.73. The van der Waals surface area contributed by atoms with Crippen molar-refractivity contribution < 1.29 is 9.90 Å². The summed E-state index contributed by atoms with van der Waals surface area (Å²) in [6.45, 7) is 4.61. The molecule has 1 aromatic carbocycles. The molecule has 2 N–H and O–H groups in total. The van der Waals surface area contributed by atoms with E-state index < -0.39 is 6.10 Å². The minimum atomic E-state index is -0.404. The number of nitrogens with one attached hydrogen (secondary N) is 1. The van der Waals surface area contributed by atoms with Gasteiger partial charge < -0.3 is 15.3 Å². The van der Waals surface area contributed by atoms with Crippen LogP contribution in [0.1, 0.15) is 43.4 Å². The fraction of sp³-hybridized carbons (Fsp3) is 0.588. The lowest BCUT2D eigenvalue weighted by molar-refractivity contribution is -0.118. The molecular weight excluding hydrogens is 264 g/mol. The van der Waals surface area contributed by atoms with Crippen LogP contribution in [0, 0.1) is 5.92 Å². The molecule has 4 heteroatoms. The first-order chi connectivity index (χ1) is 10.2. The van der Waals surface area contributed by atoms with Crippen molar-refractivity contribution in [2.24, 2.45) is 5.92 Å². The lowest BCUT2D eigenvalue weighted by atomic mass is 9.88. The van der Waals surface area contributed by atoms with E-state index in [1.165, 1.54) is 5.56 Å². The quantitative estimate of drug-likeness (QED) is 0.894. The number of aliphatic hydroxyl groups is 1. The highest BCUT2D eigenvalue weighted by molar-refractivity contribution is 5.95. The maximum Gasteiger partial charge on any atom is 0.226 e. The highest BCUT2D eigenvalue weighted by atomic mass is 16.3. The Hall–Kier alpha value is -1.39. The molecule has 0 spiro atoms. The van der Waals surface area contributed by atoms with E-state index >= 15 is 0 Å². The number of rotatable bonds is 3. The predicted octanol–water partition coefficient (Wildman–Crippen LogP) is 2.02. The van der Waals surface area contributed by atoms with Gasteiger partial charge >= 0.3 is 0 Å². The standard InChI is InChI=1S/C17H24N2O2/c1-2-16(20)19-9-7-12-10-13(5-6-15(12)19)17(21)14-4-3-8-18-11-14/h5-6,10,14,17-18,21H,2-4,7-9,11H2,1H3. The van der Waals surface area contributed by atoms with Gasteiger partial charge in [0, 0.05) is 31.1 Å². The van der Waals surface area contributed by atoms with Gasteiger partial charge in [-0.05, 0) is 43.0 Å². The van der Waals surface area contributed by atoms with Gasteiger partial charge in [0.15, 0.2) is 0 Å². The molecule has 21 heavy (non-hydrogen) atoms. The Morgan fingerprint density at radius 3 is 3.10 bits per heavy atom. The molecule has 0 radical (unpaired) electrons. The topological polar surface area (TPSA) is 52.6 Å². The molecule has 2 aliphatic heterocycles. The molecule has 1 amide bonds. The monoisotopic (exact) mass is 288 g/mol. The predicted molar refractivity (Wildman–Crippen MR) is 83.3 cm³/mol. The van der Waals surface area contributed by atoms with Crippen molar-refractivity contribution in [1.82, 2.24) is 5.32 Å². The molecule has 114 valence electrons. The molecule has 2 atom stereocenters. The zero-order chi connectivity index (χ0) is 14.8. The van der Waals surface area contributed by atoms with E-state index in [1.807, 2.05) is 24.0 Å². The fourth-order valence-corrected chi connectivity index (χ4v) is 3.48. The van der Waals surface area contributed by atoms with E-state index in [0.717, 1.165) is 50.1 Å². The summed E-state index contributed by atoms with van der Waals surface area (Å²) in [5.41, 5.74) is 3.21. The van der Waals surface area contributed by atoms with Gasteiger partial charge in [-0.25, -0.2) is 0 Å². The number of nitrogens with zero attached hydrogens (tertiary/aromatic N) is 1. The van der Waals surface area contributed by atoms with E-state index in [4.69, 9.17) is 0 Å². The molecule has 3 rings (SSSR count). The molecular formula is C17H24N2O2. The van der Waals surface area contributed by atoms with Crippen LogP contribution >= 0.6 is 0 Å². The fourth-order valence-electron chi connectivity index (χ4n) is 3.48. The third-order valence-corrected chi connectivity index (χ3v) is 4.73. The Morgan fingerprint density at radius 2 is 2.38 bits per heavy atom. The number of piperidine rings is 1. The largest absolute Gasteiger partial charge is 0.388 e. The summed E-state index contributed by atoms with van der Waals surface area (Å²) in [6.07, 6.45) is 3.23. The van der Waals surface area contributed by atoms with Crippen molar-refractivity contribution in [3.05, 3.63) is 29.3 Å². The minimum absolute atomic E-state index is 0.179. The van der Waals surface area contributed by atoms with Gasteiger partial charge in [-0.1, -0.05) is 19.1 Å². The highest BCUT2D eigenvalue weighted by Crippen LogP contribution is 2.34. The summed E-state index contributed by atoms with van der Waals surface area (Å²) in [5.74, 6) is 0.477. The van der Waals surface area contributed by atoms with Crippen LogP contribution in [-0.4, -0.2) is 30.6 Å². The number of fused-ring (bicyclic) bond motifs is 1. The van der Waals surface area contributed by atoms with E-state index in [0.29, 0.717) is 12.3 Å². The molecule has 2 heterocycles. The summed E-state index contributed by atoms with van der Waals surface area (Å²) in [7, 11) is 0. The van der Waals surface area contributed by atoms with Gasteiger partial charge in [-0.3, -0.25) is 4.79 Å². The third kappa shape index (κ3) is 2.83. The minimum Gasteiger partial charge on any atom is -0.388 e. The zero-order valence-electron chi connectivity index (χ0n) is 12.6. The van der Waals surface area contributed by atoms with Crippen molar-refractivity contribution >= 4 is 11.6 Å². The van der Waals surface area contributed by atoms with Crippen LogP contribution < -0.4 is 10.2 Å². The number of anilines is 1. The summed E-state index contributed by atoms with van der Waals surface area (Å²) < 4.78 is 0. The summed E-state index contributed by atoms with van der Waals surface area (Å²) in [6, 6.07) is 6.08. The second-order valence-electron chi connectivity index (χ2n) is 6.09. The average Bonchev–Trinajstić information content (AvgIpc) is 2.97. The van der Waals surface area contributed by atoms with Gasteiger partial charge in [-0.2, -0.15) is 0 Å². The lowest BCUT2D eigenvalue weighted by Gasteiger charge is -2.28. The summed E-state index contributed by atoms with van der Waals surface area (Å²) >= 11 is 0. The maximum atomic E-state index is 11.9. The number of aliphatic hydroxyl groups excluding tert-OH is 1. The molecule has 0 saturated carbocycles. The van der Waals surface area contributed by atoms with Crippen LogP contribution in [0.4, 0.5) is 5.69 Å². The highest BCUT2D eigenvalue weighted by Gasteiger charge is 2.27. The van der Waals surface area contributed by atoms with Crippen molar-refractivity contribution in [2.45, 2.75) is 38.7 Å². The number of hydrogen-bond acceptors (Lipinski definition) is 3. The van der Waals surface area contributed by atoms with Crippen molar-refractivity contribution in [1.29, 1.82) is 0 Å². The lowest BCUT2D eigenvalue weighted by Crippen LogP contribution is -2.33. The van der Waals surface area contributed by atoms with Crippen LogP contribution in [0.25, 0.3) is 0 Å². The van der Waals surface area contributed by atoms with Gasteiger partial charge in [0.1, 0.15) is 0 Å². The van der Waals surface area contributed by atoms with Gasteiger partial charge in [0.05, 0.1) is 6.10 Å². The van der Waals surface area contributed by atoms with Crippen molar-refractivity contribution in [2.75, 3.05) is 24.5 Å². The Morgan fingerprint density at radius 1 is 1.52 bits per heavy atom. The average molecular weight is 288 g/mol. The number of carbonyl (C=O) groups is 1. The second-order valence-corrected chi connectivity index (χ2v) is 6.09. The van der Waals surface area contributed by atoms with Crippen LogP contribution in [0.5, 0.6) is 0 Å². The Labute approximate surface area is 126 Å². The second kappa shape index (κ2) is 6.16. The smallest absolute Gasteiger partial charge is 0.226 e. The summed E-state index contributed by atoms with van der Waals surface area (Å²) in [4.78, 5) is 13.8. The first kappa shape index (κ1) is 14.5. The van der Waals surface area contributed by atoms with Crippen LogP contribution in [-0.2, 0) is 11.2 Å². The Kier molecular flexibility index (Phi) is 4.27. The molecule has 1 aromatic rings. The SMILES string of the molecule is CCC(=O)N1CCc2cc(C(O)C3CCCNC3)ccc21. The van der Waals surface area contributed by atoms with E-state index in [1.54, 1.807) is 0 Å². The molecule has 4 nitrogen and oxygen atoms in total. The Balaban J connectivity index is 1.79. The maximum absolute atomic E-state index is 11.9. The molecule has 0 bridgehead atoms. The van der Waals surface area contributed by atoms with E-state index in [2.05, 4.69) is 11.4 Å². The summed E-state index contributed by atoms with van der Waals surface area (Å²) in [5, 5.41) is 13.9. The van der Waals surface area contributed by atoms with Crippen LogP contribution in [0.2, 0.25) is 0 Å².